The fourth-order valence-corrected chi connectivity index (χ4v) is 2.28. The highest BCUT2D eigenvalue weighted by atomic mass is 16.5. The average Bonchev–Trinajstić information content (AvgIpc) is 2.88. The van der Waals surface area contributed by atoms with Crippen LogP contribution in [0.5, 0.6) is 5.75 Å². The van der Waals surface area contributed by atoms with Gasteiger partial charge in [0.1, 0.15) is 5.75 Å². The van der Waals surface area contributed by atoms with Crippen molar-refractivity contribution in [1.82, 2.24) is 4.90 Å². The summed E-state index contributed by atoms with van der Waals surface area (Å²) in [6, 6.07) is 7.64. The van der Waals surface area contributed by atoms with Crippen molar-refractivity contribution >= 4 is 5.91 Å². The summed E-state index contributed by atoms with van der Waals surface area (Å²) >= 11 is 0. The van der Waals surface area contributed by atoms with Crippen LogP contribution in [-0.2, 0) is 11.2 Å². The summed E-state index contributed by atoms with van der Waals surface area (Å²) in [5.41, 5.74) is 6.65. The standard InChI is InChI=1S/C14H20N2O2/c1-18-13-4-2-11(3-5-13)8-14(17)16-7-6-12(9-15)10-16/h2-5,12H,6-10,15H2,1H3. The third kappa shape index (κ3) is 3.01. The van der Waals surface area contributed by atoms with Gasteiger partial charge >= 0.3 is 0 Å². The molecule has 4 heteroatoms. The van der Waals surface area contributed by atoms with E-state index in [1.165, 1.54) is 0 Å². The number of carbonyl (C=O) groups is 1. The van der Waals surface area contributed by atoms with Crippen molar-refractivity contribution in [1.29, 1.82) is 0 Å². The minimum absolute atomic E-state index is 0.191. The number of nitrogens with zero attached hydrogens (tertiary/aromatic N) is 1. The van der Waals surface area contributed by atoms with Gasteiger partial charge in [-0.25, -0.2) is 0 Å². The first-order valence-electron chi connectivity index (χ1n) is 6.33. The van der Waals surface area contributed by atoms with Crippen molar-refractivity contribution in [3.63, 3.8) is 0 Å². The zero-order valence-corrected chi connectivity index (χ0v) is 10.8. The molecular weight excluding hydrogens is 228 g/mol. The van der Waals surface area contributed by atoms with Crippen molar-refractivity contribution in [3.05, 3.63) is 29.8 Å². The van der Waals surface area contributed by atoms with Crippen LogP contribution in [0.4, 0.5) is 0 Å². The molecule has 1 unspecified atom stereocenters. The molecule has 1 aromatic carbocycles. The molecule has 1 aliphatic heterocycles. The first-order chi connectivity index (χ1) is 8.72. The third-order valence-corrected chi connectivity index (χ3v) is 3.49. The quantitative estimate of drug-likeness (QED) is 0.866. The number of carbonyl (C=O) groups excluding carboxylic acids is 1. The molecule has 1 saturated heterocycles. The normalized spacial score (nSPS) is 19.0. The minimum atomic E-state index is 0.191. The Morgan fingerprint density at radius 1 is 1.44 bits per heavy atom. The summed E-state index contributed by atoms with van der Waals surface area (Å²) in [6.45, 7) is 2.33. The molecule has 0 aromatic heterocycles. The Kier molecular flexibility index (Phi) is 4.20. The van der Waals surface area contributed by atoms with E-state index in [4.69, 9.17) is 10.5 Å². The number of rotatable bonds is 4. The van der Waals surface area contributed by atoms with Crippen molar-refractivity contribution in [2.45, 2.75) is 12.8 Å². The SMILES string of the molecule is COc1ccc(CC(=O)N2CCC(CN)C2)cc1. The van der Waals surface area contributed by atoms with E-state index in [-0.39, 0.29) is 5.91 Å². The van der Waals surface area contributed by atoms with E-state index in [0.717, 1.165) is 30.8 Å². The monoisotopic (exact) mass is 248 g/mol. The highest BCUT2D eigenvalue weighted by Crippen LogP contribution is 2.17. The van der Waals surface area contributed by atoms with E-state index in [2.05, 4.69) is 0 Å². The molecule has 0 spiro atoms. The zero-order chi connectivity index (χ0) is 13.0. The molecule has 1 aromatic rings. The van der Waals surface area contributed by atoms with Gasteiger partial charge in [0, 0.05) is 13.1 Å². The van der Waals surface area contributed by atoms with Gasteiger partial charge in [0.25, 0.3) is 0 Å². The lowest BCUT2D eigenvalue weighted by Gasteiger charge is -2.16. The van der Waals surface area contributed by atoms with Crippen LogP contribution in [0.15, 0.2) is 24.3 Å². The van der Waals surface area contributed by atoms with Crippen LogP contribution >= 0.6 is 0 Å². The van der Waals surface area contributed by atoms with Crippen LogP contribution in [0.2, 0.25) is 0 Å². The number of amides is 1. The molecular formula is C14H20N2O2. The van der Waals surface area contributed by atoms with Crippen LogP contribution in [0, 0.1) is 5.92 Å². The van der Waals surface area contributed by atoms with Crippen LogP contribution in [0.3, 0.4) is 0 Å². The Labute approximate surface area is 108 Å². The maximum absolute atomic E-state index is 12.1. The van der Waals surface area contributed by atoms with Crippen molar-refractivity contribution in [2.75, 3.05) is 26.7 Å². The molecule has 1 aliphatic rings. The number of likely N-dealkylation sites (tertiary alicyclic amines) is 1. The predicted molar refractivity (Wildman–Crippen MR) is 70.4 cm³/mol. The van der Waals surface area contributed by atoms with Crippen molar-refractivity contribution < 1.29 is 9.53 Å². The molecule has 2 rings (SSSR count). The molecule has 0 bridgehead atoms. The van der Waals surface area contributed by atoms with Gasteiger partial charge in [-0.2, -0.15) is 0 Å². The molecule has 1 amide bonds. The number of hydrogen-bond acceptors (Lipinski definition) is 3. The second kappa shape index (κ2) is 5.87. The van der Waals surface area contributed by atoms with Crippen molar-refractivity contribution in [2.24, 2.45) is 11.7 Å². The molecule has 4 nitrogen and oxygen atoms in total. The van der Waals surface area contributed by atoms with Gasteiger partial charge in [0.15, 0.2) is 0 Å². The lowest BCUT2D eigenvalue weighted by atomic mass is 10.1. The van der Waals surface area contributed by atoms with Crippen LogP contribution in [-0.4, -0.2) is 37.6 Å². The summed E-state index contributed by atoms with van der Waals surface area (Å²) in [4.78, 5) is 14.0. The Bertz CT molecular complexity index is 403. The number of methoxy groups -OCH3 is 1. The zero-order valence-electron chi connectivity index (χ0n) is 10.8. The van der Waals surface area contributed by atoms with Gasteiger partial charge in [0.05, 0.1) is 13.5 Å². The maximum atomic E-state index is 12.1. The molecule has 0 radical (unpaired) electrons. The summed E-state index contributed by atoms with van der Waals surface area (Å²) < 4.78 is 5.09. The lowest BCUT2D eigenvalue weighted by Crippen LogP contribution is -2.31. The van der Waals surface area contributed by atoms with E-state index >= 15 is 0 Å². The second-order valence-corrected chi connectivity index (χ2v) is 4.76. The maximum Gasteiger partial charge on any atom is 0.226 e. The number of benzene rings is 1. The summed E-state index contributed by atoms with van der Waals surface area (Å²) in [5, 5.41) is 0. The van der Waals surface area contributed by atoms with Gasteiger partial charge in [-0.15, -0.1) is 0 Å². The largest absolute Gasteiger partial charge is 0.497 e. The van der Waals surface area contributed by atoms with Crippen LogP contribution < -0.4 is 10.5 Å². The summed E-state index contributed by atoms with van der Waals surface area (Å²) in [7, 11) is 1.64. The van der Waals surface area contributed by atoms with Gasteiger partial charge in [0.2, 0.25) is 5.91 Å². The molecule has 1 atom stereocenters. The first kappa shape index (κ1) is 12.9. The predicted octanol–water partition coefficient (Wildman–Crippen LogP) is 1.04. The van der Waals surface area contributed by atoms with Gasteiger partial charge in [-0.05, 0) is 36.6 Å². The van der Waals surface area contributed by atoms with E-state index in [0.29, 0.717) is 18.9 Å². The summed E-state index contributed by atoms with van der Waals surface area (Å²) in [6.07, 6.45) is 1.49. The van der Waals surface area contributed by atoms with E-state index in [9.17, 15) is 4.79 Å². The van der Waals surface area contributed by atoms with E-state index in [1.54, 1.807) is 7.11 Å². The Balaban J connectivity index is 1.90. The molecule has 1 heterocycles. The number of hydrogen-bond donors (Lipinski definition) is 1. The fraction of sp³-hybridized carbons (Fsp3) is 0.500. The highest BCUT2D eigenvalue weighted by Gasteiger charge is 2.24. The number of nitrogens with two attached hydrogens (primary N) is 1. The minimum Gasteiger partial charge on any atom is -0.497 e. The number of ether oxygens (including phenoxy) is 1. The fourth-order valence-electron chi connectivity index (χ4n) is 2.28. The second-order valence-electron chi connectivity index (χ2n) is 4.76. The van der Waals surface area contributed by atoms with Gasteiger partial charge in [-0.1, -0.05) is 12.1 Å². The Morgan fingerprint density at radius 2 is 2.17 bits per heavy atom. The smallest absolute Gasteiger partial charge is 0.226 e. The van der Waals surface area contributed by atoms with Crippen LogP contribution in [0.1, 0.15) is 12.0 Å². The molecule has 0 saturated carbocycles. The summed E-state index contributed by atoms with van der Waals surface area (Å²) in [5.74, 6) is 1.48. The van der Waals surface area contributed by atoms with Crippen molar-refractivity contribution in [3.8, 4) is 5.75 Å². The Morgan fingerprint density at radius 3 is 2.72 bits per heavy atom. The highest BCUT2D eigenvalue weighted by molar-refractivity contribution is 5.79. The Hall–Kier alpha value is -1.55. The topological polar surface area (TPSA) is 55.6 Å². The molecule has 1 fully saturated rings. The van der Waals surface area contributed by atoms with E-state index < -0.39 is 0 Å². The van der Waals surface area contributed by atoms with Gasteiger partial charge < -0.3 is 15.4 Å². The molecule has 0 aliphatic carbocycles. The van der Waals surface area contributed by atoms with Gasteiger partial charge in [-0.3, -0.25) is 4.79 Å². The molecule has 98 valence electrons. The van der Waals surface area contributed by atoms with Crippen LogP contribution in [0.25, 0.3) is 0 Å². The lowest BCUT2D eigenvalue weighted by molar-refractivity contribution is -0.129. The van der Waals surface area contributed by atoms with E-state index in [1.807, 2.05) is 29.2 Å². The third-order valence-electron chi connectivity index (χ3n) is 3.49. The first-order valence-corrected chi connectivity index (χ1v) is 6.33. The molecule has 18 heavy (non-hydrogen) atoms. The average molecular weight is 248 g/mol. The molecule has 2 N–H and O–H groups in total.